The number of nitrogens with one attached hydrogen (secondary N) is 4. The Balaban J connectivity index is 0.000000380. The first-order valence-electron chi connectivity index (χ1n) is 20.0. The van der Waals surface area contributed by atoms with Crippen molar-refractivity contribution in [2.24, 2.45) is 10.4 Å². The highest BCUT2D eigenvalue weighted by atomic mass is 16.5. The summed E-state index contributed by atoms with van der Waals surface area (Å²) in [7, 11) is 1.60. The van der Waals surface area contributed by atoms with E-state index in [4.69, 9.17) is 14.5 Å². The Morgan fingerprint density at radius 3 is 2.33 bits per heavy atom. The van der Waals surface area contributed by atoms with Gasteiger partial charge in [-0.15, -0.1) is 0 Å². The summed E-state index contributed by atoms with van der Waals surface area (Å²) < 4.78 is 10.8. The second-order valence-corrected chi connectivity index (χ2v) is 14.4. The van der Waals surface area contributed by atoms with Crippen molar-refractivity contribution < 1.29 is 24.8 Å². The van der Waals surface area contributed by atoms with Crippen LogP contribution in [0.25, 0.3) is 27.7 Å². The molecule has 11 nitrogen and oxygen atoms in total. The van der Waals surface area contributed by atoms with Crippen LogP contribution in [-0.4, -0.2) is 78.5 Å². The van der Waals surface area contributed by atoms with E-state index in [9.17, 15) is 9.59 Å². The molecule has 0 bridgehead atoms. The minimum Gasteiger partial charge on any atom is -0.481 e. The van der Waals surface area contributed by atoms with Gasteiger partial charge >= 0.3 is 0 Å². The monoisotopic (exact) mass is 777 g/mol. The maximum absolute atomic E-state index is 11.8. The molecule has 2 aliphatic carbocycles. The van der Waals surface area contributed by atoms with E-state index in [1.165, 1.54) is 40.0 Å². The standard InChI is InChI=1S/C22H22N4O2.C22H27N3O2.C2H6.4H2/c1-3-19(27)26-16-6-4-5-14(11-16)17-9-10-23-22-21(17)18(13-25-22)15-7-8-20(28-2)24-12-15;1-2-21(26)25-18-6-3-5-16(11-18)19-7-4-9-23-14-22(19)15-24-12-20(22)17-8-10-27-13-17;1-2;;;;/h3,5,7-10,12-13,16H,1,4,6,11H2,2H3,(H,23,25)(H,26,27);2,5,7-9,12,18,24H,1,3-4,6,10-11,13-15H2,(H,25,26);1-2H3;4*1H. The molecule has 5 aliphatic rings. The number of ether oxygens (including phenoxy) is 2. The number of hydrogen-bond acceptors (Lipinski definition) is 8. The number of carbonyl (C=O) groups excluding carboxylic acids is 2. The average Bonchev–Trinajstić information content (AvgIpc) is 4.01. The fourth-order valence-corrected chi connectivity index (χ4v) is 8.34. The number of amides is 2. The molecule has 0 saturated carbocycles. The van der Waals surface area contributed by atoms with Gasteiger partial charge in [0.15, 0.2) is 0 Å². The van der Waals surface area contributed by atoms with Gasteiger partial charge in [0, 0.05) is 84.3 Å². The summed E-state index contributed by atoms with van der Waals surface area (Å²) in [5.41, 5.74) is 10.4. The van der Waals surface area contributed by atoms with Crippen molar-refractivity contribution >= 4 is 34.6 Å². The number of rotatable bonds is 9. The third-order valence-electron chi connectivity index (χ3n) is 11.0. The van der Waals surface area contributed by atoms with Gasteiger partial charge in [-0.25, -0.2) is 9.97 Å². The van der Waals surface area contributed by atoms with Crippen LogP contribution in [0.2, 0.25) is 0 Å². The van der Waals surface area contributed by atoms with Crippen LogP contribution in [0.5, 0.6) is 5.88 Å². The van der Waals surface area contributed by atoms with E-state index in [1.807, 2.05) is 50.7 Å². The van der Waals surface area contributed by atoms with E-state index in [1.54, 1.807) is 13.3 Å². The van der Waals surface area contributed by atoms with Crippen molar-refractivity contribution in [1.29, 1.82) is 0 Å². The van der Waals surface area contributed by atoms with Crippen molar-refractivity contribution in [2.75, 3.05) is 33.4 Å². The minimum absolute atomic E-state index is 0. The number of aromatic amines is 1. The molecule has 3 unspecified atom stereocenters. The maximum Gasteiger partial charge on any atom is 0.243 e. The molecule has 3 atom stereocenters. The molecule has 306 valence electrons. The number of nitrogens with zero attached hydrogens (tertiary/aromatic N) is 3. The maximum atomic E-state index is 11.8. The molecule has 4 N–H and O–H groups in total. The van der Waals surface area contributed by atoms with Gasteiger partial charge < -0.3 is 30.4 Å². The van der Waals surface area contributed by atoms with Crippen molar-refractivity contribution in [2.45, 2.75) is 70.9 Å². The number of aromatic nitrogens is 3. The molecule has 8 rings (SSSR count). The van der Waals surface area contributed by atoms with Gasteiger partial charge in [0.2, 0.25) is 17.7 Å². The van der Waals surface area contributed by atoms with Crippen LogP contribution in [0.4, 0.5) is 0 Å². The number of fused-ring (bicyclic) bond motifs is 1. The predicted octanol–water partition coefficient (Wildman–Crippen LogP) is 8.48. The highest BCUT2D eigenvalue weighted by molar-refractivity contribution is 6.01. The van der Waals surface area contributed by atoms with Crippen molar-refractivity contribution in [3.63, 3.8) is 0 Å². The summed E-state index contributed by atoms with van der Waals surface area (Å²) in [5.74, 6) is 0.362. The molecule has 57 heavy (non-hydrogen) atoms. The zero-order valence-electron chi connectivity index (χ0n) is 33.4. The Morgan fingerprint density at radius 2 is 1.67 bits per heavy atom. The molecule has 3 aromatic rings. The predicted molar refractivity (Wildman–Crippen MR) is 237 cm³/mol. The normalized spacial score (nSPS) is 22.4. The summed E-state index contributed by atoms with van der Waals surface area (Å²) in [6.07, 6.45) is 27.8. The number of carbonyl (C=O) groups is 2. The van der Waals surface area contributed by atoms with Gasteiger partial charge in [0.05, 0.1) is 32.3 Å². The van der Waals surface area contributed by atoms with E-state index in [0.29, 0.717) is 19.1 Å². The van der Waals surface area contributed by atoms with Crippen LogP contribution in [0, 0.1) is 5.41 Å². The molecule has 1 spiro atoms. The summed E-state index contributed by atoms with van der Waals surface area (Å²) in [6.45, 7) is 14.1. The first-order chi connectivity index (χ1) is 27.9. The molecule has 3 aromatic heterocycles. The quantitative estimate of drug-likeness (QED) is 0.160. The number of allylic oxidation sites excluding steroid dienone is 3. The zero-order chi connectivity index (χ0) is 40.2. The molecule has 0 saturated heterocycles. The molecule has 2 amide bonds. The largest absolute Gasteiger partial charge is 0.481 e. The number of hydrogen-bond donors (Lipinski definition) is 4. The number of H-pyrrole nitrogens is 1. The first-order valence-corrected chi connectivity index (χ1v) is 20.0. The Hall–Kier alpha value is -5.81. The fourth-order valence-electron chi connectivity index (χ4n) is 8.34. The summed E-state index contributed by atoms with van der Waals surface area (Å²) >= 11 is 0. The van der Waals surface area contributed by atoms with E-state index < -0.39 is 0 Å². The van der Waals surface area contributed by atoms with E-state index in [0.717, 1.165) is 85.8 Å². The topological polar surface area (TPSA) is 143 Å². The lowest BCUT2D eigenvalue weighted by molar-refractivity contribution is -0.118. The number of methoxy groups -OCH3 is 1. The van der Waals surface area contributed by atoms with Crippen LogP contribution in [-0.2, 0) is 14.3 Å². The lowest BCUT2D eigenvalue weighted by Crippen LogP contribution is -2.38. The van der Waals surface area contributed by atoms with Crippen LogP contribution in [0.15, 0.2) is 120 Å². The Bertz CT molecular complexity index is 2160. The highest BCUT2D eigenvalue weighted by Gasteiger charge is 2.44. The van der Waals surface area contributed by atoms with Crippen molar-refractivity contribution in [1.82, 2.24) is 30.9 Å². The lowest BCUT2D eigenvalue weighted by Gasteiger charge is -2.36. The second kappa shape index (κ2) is 19.4. The third kappa shape index (κ3) is 9.26. The highest BCUT2D eigenvalue weighted by Crippen LogP contribution is 2.48. The zero-order valence-corrected chi connectivity index (χ0v) is 33.4. The SMILES string of the molecule is C=CC(=O)NC1CCC=C(C2=CCC=NCC23CNC=C3C2=CCOC2)C1.C=CC(=O)NC1CCC=C(c2ccnc3[nH]cc(-c4ccc(OC)nc4)c23)C1.CC.[HH].[HH].[HH].[HH]. The molecular weight excluding hydrogens is 715 g/mol. The number of pyridine rings is 2. The van der Waals surface area contributed by atoms with Gasteiger partial charge in [-0.2, -0.15) is 0 Å². The van der Waals surface area contributed by atoms with Crippen molar-refractivity contribution in [3.05, 3.63) is 120 Å². The van der Waals surface area contributed by atoms with Crippen LogP contribution in [0.3, 0.4) is 0 Å². The summed E-state index contributed by atoms with van der Waals surface area (Å²) in [6, 6.07) is 6.16. The third-order valence-corrected chi connectivity index (χ3v) is 11.0. The second-order valence-electron chi connectivity index (χ2n) is 14.4. The molecular formula is C46H63N7O4. The average molecular weight is 778 g/mol. The van der Waals surface area contributed by atoms with E-state index in [2.05, 4.69) is 74.6 Å². The van der Waals surface area contributed by atoms with Crippen LogP contribution < -0.4 is 20.7 Å². The molecule has 0 radical (unpaired) electrons. The molecule has 3 aliphatic heterocycles. The molecule has 0 fully saturated rings. The first kappa shape index (κ1) is 40.8. The van der Waals surface area contributed by atoms with Gasteiger partial charge in [0.25, 0.3) is 0 Å². The van der Waals surface area contributed by atoms with Gasteiger partial charge in [0.1, 0.15) is 5.65 Å². The summed E-state index contributed by atoms with van der Waals surface area (Å²) in [5, 5.41) is 10.6. The van der Waals surface area contributed by atoms with Gasteiger partial charge in [-0.3, -0.25) is 14.6 Å². The molecule has 0 aromatic carbocycles. The van der Waals surface area contributed by atoms with Crippen LogP contribution in [0.1, 0.15) is 70.1 Å². The Kier molecular flexibility index (Phi) is 13.9. The summed E-state index contributed by atoms with van der Waals surface area (Å²) in [4.78, 5) is 40.3. The van der Waals surface area contributed by atoms with Gasteiger partial charge in [-0.1, -0.05) is 51.3 Å². The van der Waals surface area contributed by atoms with Crippen LogP contribution >= 0.6 is 0 Å². The number of aliphatic imine (C=N–C) groups is 1. The Morgan fingerprint density at radius 1 is 0.930 bits per heavy atom. The van der Waals surface area contributed by atoms with E-state index in [-0.39, 0.29) is 35.0 Å². The minimum atomic E-state index is -0.150. The Labute approximate surface area is 341 Å². The van der Waals surface area contributed by atoms with Gasteiger partial charge in [-0.05, 0) is 96.2 Å². The fraction of sp³-hybridized carbons (Fsp3) is 0.370. The molecule has 6 heterocycles. The lowest BCUT2D eigenvalue weighted by atomic mass is 9.68. The smallest absolute Gasteiger partial charge is 0.243 e. The van der Waals surface area contributed by atoms with E-state index >= 15 is 0 Å². The molecule has 11 heteroatoms. The van der Waals surface area contributed by atoms with Crippen molar-refractivity contribution in [3.8, 4) is 17.0 Å².